The van der Waals surface area contributed by atoms with E-state index in [1.165, 1.54) is 0 Å². The standard InChI is InChI=1S/C52H30N6O/c53-31-34-30-43(58-40-25-13-10-22-36(40)37-28-29-42-46(48(37)58)38-23-11-14-26-41(38)57(42)35-20-8-3-9-21-35)47-39-24-12-15-27-44(39)59-49(47)45(34)52-55-50(32-16-4-1-5-17-32)54-51(56-52)33-18-6-2-7-19-33/h1-30H. The molecule has 0 aliphatic heterocycles. The zero-order chi connectivity index (χ0) is 39.0. The van der Waals surface area contributed by atoms with Crippen LogP contribution in [0, 0.1) is 11.3 Å². The number of aromatic nitrogens is 5. The fraction of sp³-hybridized carbons (Fsp3) is 0. The lowest BCUT2D eigenvalue weighted by atomic mass is 10.00. The Morgan fingerprint density at radius 2 is 1.02 bits per heavy atom. The number of rotatable bonds is 5. The maximum absolute atomic E-state index is 11.2. The molecule has 7 heteroatoms. The highest BCUT2D eigenvalue weighted by molar-refractivity contribution is 6.27. The number of furan rings is 1. The smallest absolute Gasteiger partial charge is 0.169 e. The summed E-state index contributed by atoms with van der Waals surface area (Å²) >= 11 is 0. The zero-order valence-corrected chi connectivity index (χ0v) is 31.4. The molecule has 4 heterocycles. The lowest BCUT2D eigenvalue weighted by molar-refractivity contribution is 0.669. The van der Waals surface area contributed by atoms with Gasteiger partial charge in [0.2, 0.25) is 0 Å². The molecule has 0 bridgehead atoms. The first-order chi connectivity index (χ1) is 29.2. The van der Waals surface area contributed by atoms with E-state index in [9.17, 15) is 5.26 Å². The summed E-state index contributed by atoms with van der Waals surface area (Å²) in [7, 11) is 0. The van der Waals surface area contributed by atoms with Crippen molar-refractivity contribution < 1.29 is 4.42 Å². The quantitative estimate of drug-likeness (QED) is 0.175. The molecule has 8 aromatic carbocycles. The normalized spacial score (nSPS) is 11.7. The van der Waals surface area contributed by atoms with Crippen LogP contribution < -0.4 is 0 Å². The third kappa shape index (κ3) is 4.90. The van der Waals surface area contributed by atoms with Gasteiger partial charge in [0, 0.05) is 43.7 Å². The van der Waals surface area contributed by atoms with Gasteiger partial charge in [0.25, 0.3) is 0 Å². The van der Waals surface area contributed by atoms with Crippen LogP contribution in [0.25, 0.3) is 111 Å². The first-order valence-electron chi connectivity index (χ1n) is 19.5. The third-order valence-corrected chi connectivity index (χ3v) is 11.4. The molecule has 12 aromatic rings. The topological polar surface area (TPSA) is 85.5 Å². The molecular weight excluding hydrogens is 725 g/mol. The maximum atomic E-state index is 11.2. The van der Waals surface area contributed by atoms with Crippen molar-refractivity contribution in [2.24, 2.45) is 0 Å². The average molecular weight is 755 g/mol. The summed E-state index contributed by atoms with van der Waals surface area (Å²) in [5, 5.41) is 17.5. The highest BCUT2D eigenvalue weighted by Crippen LogP contribution is 2.46. The minimum Gasteiger partial charge on any atom is -0.455 e. The molecule has 274 valence electrons. The minimum absolute atomic E-state index is 0.361. The molecule has 0 aliphatic rings. The number of nitrogens with zero attached hydrogens (tertiary/aromatic N) is 6. The Bertz CT molecular complexity index is 3610. The Kier molecular flexibility index (Phi) is 7.16. The SMILES string of the molecule is N#Cc1cc(-n2c3ccccc3c3ccc4c(c5ccccc5n4-c4ccccc4)c32)c2c(oc3ccccc32)c1-c1nc(-c2ccccc2)nc(-c2ccccc2)n1. The van der Waals surface area contributed by atoms with Gasteiger partial charge in [-0.2, -0.15) is 5.26 Å². The van der Waals surface area contributed by atoms with Gasteiger partial charge in [-0.15, -0.1) is 0 Å². The number of fused-ring (bicyclic) bond motifs is 10. The molecular formula is C52H30N6O. The van der Waals surface area contributed by atoms with Crippen LogP contribution in [0.5, 0.6) is 0 Å². The summed E-state index contributed by atoms with van der Waals surface area (Å²) in [5.41, 5.74) is 10.0. The first-order valence-corrected chi connectivity index (χ1v) is 19.5. The van der Waals surface area contributed by atoms with Gasteiger partial charge in [-0.3, -0.25) is 0 Å². The first kappa shape index (κ1) is 32.9. The Morgan fingerprint density at radius 1 is 0.458 bits per heavy atom. The number of benzene rings is 8. The van der Waals surface area contributed by atoms with Crippen LogP contribution in [0.4, 0.5) is 0 Å². The second-order valence-corrected chi connectivity index (χ2v) is 14.7. The van der Waals surface area contributed by atoms with Gasteiger partial charge in [-0.1, -0.05) is 140 Å². The van der Waals surface area contributed by atoms with E-state index in [1.807, 2.05) is 91.0 Å². The third-order valence-electron chi connectivity index (χ3n) is 11.4. The van der Waals surface area contributed by atoms with Crippen LogP contribution in [0.2, 0.25) is 0 Å². The molecule has 4 aromatic heterocycles. The zero-order valence-electron chi connectivity index (χ0n) is 31.4. The van der Waals surface area contributed by atoms with Crippen molar-refractivity contribution in [3.63, 3.8) is 0 Å². The molecule has 0 N–H and O–H groups in total. The van der Waals surface area contributed by atoms with Gasteiger partial charge in [-0.05, 0) is 42.5 Å². The van der Waals surface area contributed by atoms with Crippen molar-refractivity contribution in [1.29, 1.82) is 5.26 Å². The monoisotopic (exact) mass is 754 g/mol. The van der Waals surface area contributed by atoms with E-state index in [0.29, 0.717) is 39.8 Å². The number of para-hydroxylation sites is 4. The second kappa shape index (κ2) is 12.8. The van der Waals surface area contributed by atoms with Crippen LogP contribution in [0.1, 0.15) is 5.56 Å². The average Bonchev–Trinajstić information content (AvgIpc) is 3.97. The molecule has 59 heavy (non-hydrogen) atoms. The Labute approximate surface area is 337 Å². The lowest BCUT2D eigenvalue weighted by Crippen LogP contribution is -2.03. The molecule has 0 unspecified atom stereocenters. The highest BCUT2D eigenvalue weighted by Gasteiger charge is 2.27. The molecule has 12 rings (SSSR count). The van der Waals surface area contributed by atoms with Crippen molar-refractivity contribution >= 4 is 65.6 Å². The molecule has 0 fully saturated rings. The van der Waals surface area contributed by atoms with E-state index in [2.05, 4.69) is 106 Å². The van der Waals surface area contributed by atoms with Crippen molar-refractivity contribution in [2.45, 2.75) is 0 Å². The van der Waals surface area contributed by atoms with Gasteiger partial charge >= 0.3 is 0 Å². The van der Waals surface area contributed by atoms with E-state index in [1.54, 1.807) is 0 Å². The van der Waals surface area contributed by atoms with Crippen molar-refractivity contribution in [3.05, 3.63) is 188 Å². The van der Waals surface area contributed by atoms with E-state index < -0.39 is 0 Å². The van der Waals surface area contributed by atoms with Crippen molar-refractivity contribution in [3.8, 4) is 51.6 Å². The van der Waals surface area contributed by atoms with Gasteiger partial charge in [0.05, 0.1) is 44.3 Å². The molecule has 7 nitrogen and oxygen atoms in total. The molecule has 0 amide bonds. The van der Waals surface area contributed by atoms with E-state index >= 15 is 0 Å². The van der Waals surface area contributed by atoms with Crippen molar-refractivity contribution in [1.82, 2.24) is 24.1 Å². The van der Waals surface area contributed by atoms with Crippen molar-refractivity contribution in [2.75, 3.05) is 0 Å². The number of hydrogen-bond donors (Lipinski definition) is 0. The molecule has 0 saturated carbocycles. The van der Waals surface area contributed by atoms with Crippen LogP contribution >= 0.6 is 0 Å². The summed E-state index contributed by atoms with van der Waals surface area (Å²) in [5.74, 6) is 1.37. The van der Waals surface area contributed by atoms with E-state index in [-0.39, 0.29) is 0 Å². The van der Waals surface area contributed by atoms with Crippen LogP contribution in [0.3, 0.4) is 0 Å². The Balaban J connectivity index is 1.24. The van der Waals surface area contributed by atoms with Gasteiger partial charge < -0.3 is 13.6 Å². The van der Waals surface area contributed by atoms with Crippen LogP contribution in [0.15, 0.2) is 186 Å². The maximum Gasteiger partial charge on any atom is 0.169 e. The summed E-state index contributed by atoms with van der Waals surface area (Å²) in [4.78, 5) is 15.1. The second-order valence-electron chi connectivity index (χ2n) is 14.7. The summed E-state index contributed by atoms with van der Waals surface area (Å²) in [6.45, 7) is 0. The van der Waals surface area contributed by atoms with E-state index in [4.69, 9.17) is 19.4 Å². The largest absolute Gasteiger partial charge is 0.455 e. The fourth-order valence-electron chi connectivity index (χ4n) is 8.90. The molecule has 0 radical (unpaired) electrons. The summed E-state index contributed by atoms with van der Waals surface area (Å²) < 4.78 is 11.6. The molecule has 0 aliphatic carbocycles. The molecule has 0 spiro atoms. The van der Waals surface area contributed by atoms with Gasteiger partial charge in [0.1, 0.15) is 17.2 Å². The highest BCUT2D eigenvalue weighted by atomic mass is 16.3. The van der Waals surface area contributed by atoms with Crippen LogP contribution in [-0.2, 0) is 0 Å². The lowest BCUT2D eigenvalue weighted by Gasteiger charge is -2.15. The Hall–Kier alpha value is -8.34. The predicted molar refractivity (Wildman–Crippen MR) is 237 cm³/mol. The van der Waals surface area contributed by atoms with E-state index in [0.717, 1.165) is 76.9 Å². The number of hydrogen-bond acceptors (Lipinski definition) is 5. The van der Waals surface area contributed by atoms with Gasteiger partial charge in [0.15, 0.2) is 17.5 Å². The molecule has 0 saturated heterocycles. The Morgan fingerprint density at radius 3 is 1.69 bits per heavy atom. The van der Waals surface area contributed by atoms with Gasteiger partial charge in [-0.25, -0.2) is 15.0 Å². The predicted octanol–water partition coefficient (Wildman–Crippen LogP) is 12.8. The minimum atomic E-state index is 0.361. The number of nitriles is 1. The molecule has 0 atom stereocenters. The van der Waals surface area contributed by atoms with Crippen LogP contribution in [-0.4, -0.2) is 24.1 Å². The summed E-state index contributed by atoms with van der Waals surface area (Å²) in [6, 6.07) is 64.5. The fourth-order valence-corrected chi connectivity index (χ4v) is 8.90. The summed E-state index contributed by atoms with van der Waals surface area (Å²) in [6.07, 6.45) is 0.